The lowest BCUT2D eigenvalue weighted by atomic mass is 10.3. The van der Waals surface area contributed by atoms with Crippen LogP contribution in [0.2, 0.25) is 0 Å². The molecule has 1 aromatic heterocycles. The van der Waals surface area contributed by atoms with E-state index in [0.717, 1.165) is 23.2 Å². The van der Waals surface area contributed by atoms with Crippen molar-refractivity contribution in [3.63, 3.8) is 0 Å². The van der Waals surface area contributed by atoms with Gasteiger partial charge in [-0.25, -0.2) is 9.97 Å². The zero-order valence-electron chi connectivity index (χ0n) is 9.34. The Morgan fingerprint density at radius 3 is 2.94 bits per heavy atom. The van der Waals surface area contributed by atoms with Crippen molar-refractivity contribution in [1.29, 1.82) is 0 Å². The monoisotopic (exact) mass is 257 g/mol. The number of hydrogen-bond donors (Lipinski definition) is 1. The van der Waals surface area contributed by atoms with Crippen molar-refractivity contribution in [2.24, 2.45) is 0 Å². The van der Waals surface area contributed by atoms with Gasteiger partial charge in [0.15, 0.2) is 5.16 Å². The number of nitrogens with two attached hydrogens (primary N) is 1. The summed E-state index contributed by atoms with van der Waals surface area (Å²) in [6.07, 6.45) is 3.31. The van der Waals surface area contributed by atoms with E-state index in [2.05, 4.69) is 16.9 Å². The molecular weight excluding hydrogens is 242 g/mol. The zero-order chi connectivity index (χ0) is 11.5. The van der Waals surface area contributed by atoms with Gasteiger partial charge in [0.25, 0.3) is 0 Å². The number of aromatic nitrogens is 2. The van der Waals surface area contributed by atoms with E-state index in [4.69, 9.17) is 10.5 Å². The van der Waals surface area contributed by atoms with Crippen LogP contribution >= 0.6 is 23.5 Å². The van der Waals surface area contributed by atoms with Gasteiger partial charge in [0, 0.05) is 17.9 Å². The average Bonchev–Trinajstić information content (AvgIpc) is 2.63. The number of rotatable bonds is 3. The summed E-state index contributed by atoms with van der Waals surface area (Å²) in [6.45, 7) is 2.94. The summed E-state index contributed by atoms with van der Waals surface area (Å²) in [6, 6.07) is 1.83. The summed E-state index contributed by atoms with van der Waals surface area (Å²) >= 11 is 3.24. The van der Waals surface area contributed by atoms with Gasteiger partial charge in [-0.3, -0.25) is 0 Å². The van der Waals surface area contributed by atoms with Crippen LogP contribution in [-0.4, -0.2) is 34.2 Å². The minimum Gasteiger partial charge on any atom is -0.384 e. The molecule has 1 aliphatic rings. The zero-order valence-corrected chi connectivity index (χ0v) is 11.0. The fourth-order valence-electron chi connectivity index (χ4n) is 1.59. The SMILES string of the molecule is CSc1nc(N)cc(SC2CCOC2C)n1. The second kappa shape index (κ2) is 5.25. The molecule has 2 atom stereocenters. The Labute approximate surface area is 104 Å². The molecule has 1 saturated heterocycles. The van der Waals surface area contributed by atoms with Crippen molar-refractivity contribution in [2.75, 3.05) is 18.6 Å². The molecule has 1 aliphatic heterocycles. The van der Waals surface area contributed by atoms with Crippen molar-refractivity contribution in [3.05, 3.63) is 6.07 Å². The Bertz CT molecular complexity index is 375. The number of hydrogen-bond acceptors (Lipinski definition) is 6. The van der Waals surface area contributed by atoms with Crippen molar-refractivity contribution in [2.45, 2.75) is 34.9 Å². The third kappa shape index (κ3) is 2.81. The van der Waals surface area contributed by atoms with E-state index in [1.807, 2.05) is 12.3 Å². The number of ether oxygens (including phenoxy) is 1. The van der Waals surface area contributed by atoms with E-state index in [9.17, 15) is 0 Å². The van der Waals surface area contributed by atoms with Crippen LogP contribution in [0, 0.1) is 0 Å². The largest absolute Gasteiger partial charge is 0.384 e. The first-order valence-electron chi connectivity index (χ1n) is 5.16. The van der Waals surface area contributed by atoms with E-state index in [-0.39, 0.29) is 0 Å². The van der Waals surface area contributed by atoms with Gasteiger partial charge in [0.1, 0.15) is 10.8 Å². The first-order chi connectivity index (χ1) is 7.69. The average molecular weight is 257 g/mol. The second-order valence-electron chi connectivity index (χ2n) is 3.64. The summed E-state index contributed by atoms with van der Waals surface area (Å²) in [5.41, 5.74) is 5.73. The van der Waals surface area contributed by atoms with Crippen LogP contribution in [0.1, 0.15) is 13.3 Å². The molecule has 4 nitrogen and oxygen atoms in total. The molecule has 2 N–H and O–H groups in total. The van der Waals surface area contributed by atoms with Gasteiger partial charge in [0.2, 0.25) is 0 Å². The Morgan fingerprint density at radius 2 is 2.31 bits per heavy atom. The van der Waals surface area contributed by atoms with Gasteiger partial charge in [-0.1, -0.05) is 11.8 Å². The Kier molecular flexibility index (Phi) is 3.94. The van der Waals surface area contributed by atoms with Gasteiger partial charge < -0.3 is 10.5 Å². The standard InChI is InChI=1S/C10H15N3OS2/c1-6-7(3-4-14-6)16-9-5-8(11)12-10(13-9)15-2/h5-7H,3-4H2,1-2H3,(H2,11,12,13). The van der Waals surface area contributed by atoms with Crippen LogP contribution in [0.5, 0.6) is 0 Å². The molecule has 0 bridgehead atoms. The van der Waals surface area contributed by atoms with Crippen LogP contribution in [-0.2, 0) is 4.74 Å². The number of thioether (sulfide) groups is 2. The highest BCUT2D eigenvalue weighted by Crippen LogP contribution is 2.32. The summed E-state index contributed by atoms with van der Waals surface area (Å²) in [7, 11) is 0. The highest BCUT2D eigenvalue weighted by atomic mass is 32.2. The summed E-state index contributed by atoms with van der Waals surface area (Å²) < 4.78 is 5.52. The third-order valence-electron chi connectivity index (χ3n) is 2.46. The lowest BCUT2D eigenvalue weighted by Gasteiger charge is -2.13. The minimum absolute atomic E-state index is 0.291. The van der Waals surface area contributed by atoms with Crippen LogP contribution in [0.25, 0.3) is 0 Å². The van der Waals surface area contributed by atoms with E-state index >= 15 is 0 Å². The van der Waals surface area contributed by atoms with Gasteiger partial charge in [-0.05, 0) is 19.6 Å². The molecule has 16 heavy (non-hydrogen) atoms. The van der Waals surface area contributed by atoms with Crippen molar-refractivity contribution in [1.82, 2.24) is 9.97 Å². The van der Waals surface area contributed by atoms with E-state index < -0.39 is 0 Å². The first kappa shape index (κ1) is 12.0. The fourth-order valence-corrected chi connectivity index (χ4v) is 3.16. The van der Waals surface area contributed by atoms with Crippen LogP contribution in [0.15, 0.2) is 16.2 Å². The predicted molar refractivity (Wildman–Crippen MR) is 67.9 cm³/mol. The van der Waals surface area contributed by atoms with Crippen LogP contribution in [0.3, 0.4) is 0 Å². The molecular formula is C10H15N3OS2. The molecule has 2 unspecified atom stereocenters. The molecule has 0 aliphatic carbocycles. The van der Waals surface area contributed by atoms with Gasteiger partial charge in [-0.15, -0.1) is 11.8 Å². The summed E-state index contributed by atoms with van der Waals surface area (Å²) in [5, 5.41) is 2.15. The maximum absolute atomic E-state index is 5.73. The molecule has 6 heteroatoms. The van der Waals surface area contributed by atoms with Gasteiger partial charge in [-0.2, -0.15) is 0 Å². The maximum Gasteiger partial charge on any atom is 0.190 e. The lowest BCUT2D eigenvalue weighted by Crippen LogP contribution is -2.13. The molecule has 0 aromatic carbocycles. The highest BCUT2D eigenvalue weighted by Gasteiger charge is 2.25. The molecule has 88 valence electrons. The summed E-state index contributed by atoms with van der Waals surface area (Å²) in [5.74, 6) is 0.536. The van der Waals surface area contributed by atoms with Crippen LogP contribution < -0.4 is 5.73 Å². The molecule has 0 amide bonds. The van der Waals surface area contributed by atoms with Crippen molar-refractivity contribution in [3.8, 4) is 0 Å². The quantitative estimate of drug-likeness (QED) is 0.508. The molecule has 1 aromatic rings. The molecule has 0 radical (unpaired) electrons. The number of anilines is 1. The first-order valence-corrected chi connectivity index (χ1v) is 7.26. The topological polar surface area (TPSA) is 61.0 Å². The Balaban J connectivity index is 2.11. The van der Waals surface area contributed by atoms with E-state index in [1.54, 1.807) is 11.8 Å². The molecule has 2 heterocycles. The third-order valence-corrected chi connectivity index (χ3v) is 4.38. The Morgan fingerprint density at radius 1 is 1.50 bits per heavy atom. The molecule has 0 spiro atoms. The second-order valence-corrected chi connectivity index (χ2v) is 5.67. The van der Waals surface area contributed by atoms with Gasteiger partial charge in [0.05, 0.1) is 6.10 Å². The van der Waals surface area contributed by atoms with E-state index in [0.29, 0.717) is 17.2 Å². The Hall–Kier alpha value is -0.460. The number of nitrogen functional groups attached to an aromatic ring is 1. The lowest BCUT2D eigenvalue weighted by molar-refractivity contribution is 0.127. The smallest absolute Gasteiger partial charge is 0.190 e. The van der Waals surface area contributed by atoms with Gasteiger partial charge >= 0.3 is 0 Å². The molecule has 2 rings (SSSR count). The van der Waals surface area contributed by atoms with E-state index in [1.165, 1.54) is 11.8 Å². The fraction of sp³-hybridized carbons (Fsp3) is 0.600. The number of nitrogens with zero attached hydrogens (tertiary/aromatic N) is 2. The predicted octanol–water partition coefficient (Wildman–Crippen LogP) is 2.05. The molecule has 1 fully saturated rings. The normalized spacial score (nSPS) is 24.9. The van der Waals surface area contributed by atoms with Crippen molar-refractivity contribution < 1.29 is 4.74 Å². The van der Waals surface area contributed by atoms with Crippen LogP contribution in [0.4, 0.5) is 5.82 Å². The van der Waals surface area contributed by atoms with Crippen molar-refractivity contribution >= 4 is 29.3 Å². The minimum atomic E-state index is 0.291. The maximum atomic E-state index is 5.73. The summed E-state index contributed by atoms with van der Waals surface area (Å²) in [4.78, 5) is 8.56. The highest BCUT2D eigenvalue weighted by molar-refractivity contribution is 8.00. The molecule has 0 saturated carbocycles.